The van der Waals surface area contributed by atoms with Gasteiger partial charge in [0.1, 0.15) is 27.4 Å². The molecule has 0 aromatic carbocycles. The Hall–Kier alpha value is -2.88. The van der Waals surface area contributed by atoms with Gasteiger partial charge < -0.3 is 15.5 Å². The Bertz CT molecular complexity index is 1370. The maximum absolute atomic E-state index is 14.2. The zero-order valence-corrected chi connectivity index (χ0v) is 23.2. The van der Waals surface area contributed by atoms with Gasteiger partial charge in [0.15, 0.2) is 5.01 Å². The number of carbonyl (C=O) groups excluding carboxylic acids is 2. The Morgan fingerprint density at radius 3 is 2.42 bits per heavy atom. The summed E-state index contributed by atoms with van der Waals surface area (Å²) in [6.07, 6.45) is -4.98. The molecule has 2 aliphatic rings. The molecule has 2 fully saturated rings. The van der Waals surface area contributed by atoms with Crippen LogP contribution < -0.4 is 10.6 Å². The Morgan fingerprint density at radius 1 is 1.18 bits per heavy atom. The van der Waals surface area contributed by atoms with Crippen molar-refractivity contribution in [1.82, 2.24) is 20.2 Å². The lowest BCUT2D eigenvalue weighted by Gasteiger charge is -2.22. The number of halogens is 5. The van der Waals surface area contributed by atoms with Gasteiger partial charge in [0.05, 0.1) is 16.4 Å². The molecule has 2 amide bonds. The Kier molecular flexibility index (Phi) is 8.68. The van der Waals surface area contributed by atoms with Gasteiger partial charge in [0.2, 0.25) is 0 Å². The molecule has 0 aliphatic carbocycles. The summed E-state index contributed by atoms with van der Waals surface area (Å²) in [5, 5.41) is 4.57. The SMILES string of the molecule is CC1CCCN1C(=O)c1nc(C(=O)NC2CCS(=O)(=O)CC2)sc1-c1cnc(NC(C)C(F)(F)F)cc1C(F)F. The van der Waals surface area contributed by atoms with E-state index in [2.05, 4.69) is 20.6 Å². The number of nitrogens with one attached hydrogen (secondary N) is 2. The molecule has 2 aromatic rings. The highest BCUT2D eigenvalue weighted by Crippen LogP contribution is 2.39. The zero-order valence-electron chi connectivity index (χ0n) is 21.6. The van der Waals surface area contributed by atoms with Crippen molar-refractivity contribution in [2.75, 3.05) is 23.4 Å². The van der Waals surface area contributed by atoms with E-state index in [-0.39, 0.29) is 51.5 Å². The van der Waals surface area contributed by atoms with Crippen LogP contribution in [0.25, 0.3) is 10.4 Å². The fourth-order valence-electron chi connectivity index (χ4n) is 4.62. The molecule has 0 spiro atoms. The van der Waals surface area contributed by atoms with Crippen LogP contribution in [0.2, 0.25) is 0 Å². The number of amides is 2. The minimum atomic E-state index is -4.64. The summed E-state index contributed by atoms with van der Waals surface area (Å²) in [7, 11) is -3.17. The van der Waals surface area contributed by atoms with E-state index in [4.69, 9.17) is 0 Å². The van der Waals surface area contributed by atoms with Crippen LogP contribution in [-0.2, 0) is 9.84 Å². The van der Waals surface area contributed by atoms with Crippen LogP contribution >= 0.6 is 11.3 Å². The summed E-state index contributed by atoms with van der Waals surface area (Å²) in [4.78, 5) is 36.1. The van der Waals surface area contributed by atoms with Crippen molar-refractivity contribution in [2.24, 2.45) is 0 Å². The number of anilines is 1. The predicted molar refractivity (Wildman–Crippen MR) is 138 cm³/mol. The number of nitrogens with zero attached hydrogens (tertiary/aromatic N) is 3. The number of rotatable bonds is 7. The van der Waals surface area contributed by atoms with Crippen LogP contribution in [0.5, 0.6) is 0 Å². The molecule has 2 aliphatic heterocycles. The van der Waals surface area contributed by atoms with Gasteiger partial charge in [-0.05, 0) is 45.6 Å². The van der Waals surface area contributed by atoms with Gasteiger partial charge in [0, 0.05) is 36.0 Å². The lowest BCUT2D eigenvalue weighted by Crippen LogP contribution is -2.40. The van der Waals surface area contributed by atoms with Crippen molar-refractivity contribution >= 4 is 38.8 Å². The molecule has 220 valence electrons. The van der Waals surface area contributed by atoms with Crippen molar-refractivity contribution in [3.05, 3.63) is 28.5 Å². The molecular formula is C24H28F5N5O4S2. The second-order valence-electron chi connectivity index (χ2n) is 9.95. The first-order valence-corrected chi connectivity index (χ1v) is 15.2. The van der Waals surface area contributed by atoms with Crippen molar-refractivity contribution < 1.29 is 40.0 Å². The van der Waals surface area contributed by atoms with Crippen LogP contribution in [0.15, 0.2) is 12.3 Å². The topological polar surface area (TPSA) is 121 Å². The van der Waals surface area contributed by atoms with Crippen LogP contribution in [0, 0.1) is 0 Å². The molecule has 16 heteroatoms. The Labute approximate surface area is 231 Å². The minimum Gasteiger partial charge on any atom is -0.359 e. The summed E-state index contributed by atoms with van der Waals surface area (Å²) < 4.78 is 90.7. The number of likely N-dealkylation sites (tertiary alicyclic amines) is 1. The smallest absolute Gasteiger partial charge is 0.359 e. The summed E-state index contributed by atoms with van der Waals surface area (Å²) in [6.45, 7) is 3.06. The highest BCUT2D eigenvalue weighted by atomic mass is 32.2. The lowest BCUT2D eigenvalue weighted by molar-refractivity contribution is -0.138. The van der Waals surface area contributed by atoms with Crippen LogP contribution in [0.1, 0.15) is 71.8 Å². The van der Waals surface area contributed by atoms with Crippen molar-refractivity contribution in [3.8, 4) is 10.4 Å². The molecule has 2 aromatic heterocycles. The zero-order chi connectivity index (χ0) is 29.4. The predicted octanol–water partition coefficient (Wildman–Crippen LogP) is 4.44. The number of pyridine rings is 1. The third-order valence-electron chi connectivity index (χ3n) is 7.00. The molecule has 4 rings (SSSR count). The van der Waals surface area contributed by atoms with E-state index in [0.717, 1.165) is 32.0 Å². The number of sulfone groups is 1. The number of hydrogen-bond acceptors (Lipinski definition) is 8. The van der Waals surface area contributed by atoms with Gasteiger partial charge in [-0.1, -0.05) is 0 Å². The van der Waals surface area contributed by atoms with Crippen LogP contribution in [-0.4, -0.2) is 77.5 Å². The van der Waals surface area contributed by atoms with Gasteiger partial charge >= 0.3 is 6.18 Å². The second kappa shape index (κ2) is 11.5. The van der Waals surface area contributed by atoms with Gasteiger partial charge in [-0.15, -0.1) is 11.3 Å². The standard InChI is InChI=1S/C24H28F5N5O4S2/c1-12-4-3-7-34(12)23(36)18-19(39-22(33-18)21(35)32-14-5-8-40(37,38)9-6-14)16-11-30-17(10-15(16)20(25)26)31-13(2)24(27,28)29/h10-14,20H,3-9H2,1-2H3,(H,30,31)(H,32,35). The van der Waals surface area contributed by atoms with E-state index in [1.54, 1.807) is 0 Å². The van der Waals surface area contributed by atoms with Gasteiger partial charge in [0.25, 0.3) is 18.2 Å². The molecule has 2 N–H and O–H groups in total. The van der Waals surface area contributed by atoms with E-state index in [1.165, 1.54) is 4.90 Å². The first-order valence-electron chi connectivity index (χ1n) is 12.6. The fourth-order valence-corrected chi connectivity index (χ4v) is 7.10. The van der Waals surface area contributed by atoms with Crippen LogP contribution in [0.4, 0.5) is 27.8 Å². The first-order chi connectivity index (χ1) is 18.7. The Morgan fingerprint density at radius 2 is 1.85 bits per heavy atom. The summed E-state index contributed by atoms with van der Waals surface area (Å²) in [6, 6.07) is -1.86. The average Bonchev–Trinajstić information content (AvgIpc) is 3.51. The lowest BCUT2D eigenvalue weighted by atomic mass is 10.1. The normalized spacial score (nSPS) is 20.5. The molecular weight excluding hydrogens is 581 g/mol. The number of aromatic nitrogens is 2. The summed E-state index contributed by atoms with van der Waals surface area (Å²) in [5.41, 5.74) is -1.14. The van der Waals surface area contributed by atoms with E-state index >= 15 is 0 Å². The monoisotopic (exact) mass is 609 g/mol. The van der Waals surface area contributed by atoms with Crippen LogP contribution in [0.3, 0.4) is 0 Å². The molecule has 0 bridgehead atoms. The fraction of sp³-hybridized carbons (Fsp3) is 0.583. The van der Waals surface area contributed by atoms with Gasteiger partial charge in [-0.25, -0.2) is 27.2 Å². The summed E-state index contributed by atoms with van der Waals surface area (Å²) in [5.74, 6) is -1.86. The molecule has 4 heterocycles. The third kappa shape index (κ3) is 6.70. The molecule has 9 nitrogen and oxygen atoms in total. The number of carbonyl (C=O) groups is 2. The highest BCUT2D eigenvalue weighted by molar-refractivity contribution is 7.91. The third-order valence-corrected chi connectivity index (χ3v) is 9.80. The van der Waals surface area contributed by atoms with E-state index in [0.29, 0.717) is 17.9 Å². The van der Waals surface area contributed by atoms with E-state index < -0.39 is 57.7 Å². The molecule has 2 unspecified atom stereocenters. The number of thiazole rings is 1. The largest absolute Gasteiger partial charge is 0.408 e. The molecule has 0 saturated carbocycles. The molecule has 0 radical (unpaired) electrons. The second-order valence-corrected chi connectivity index (χ2v) is 13.3. The van der Waals surface area contributed by atoms with E-state index in [9.17, 15) is 40.0 Å². The molecule has 2 saturated heterocycles. The van der Waals surface area contributed by atoms with Gasteiger partial charge in [-0.3, -0.25) is 9.59 Å². The maximum atomic E-state index is 14.2. The number of hydrogen-bond donors (Lipinski definition) is 2. The molecule has 2 atom stereocenters. The molecule has 40 heavy (non-hydrogen) atoms. The minimum absolute atomic E-state index is 0.0568. The highest BCUT2D eigenvalue weighted by Gasteiger charge is 2.37. The average molecular weight is 610 g/mol. The quantitative estimate of drug-likeness (QED) is 0.446. The van der Waals surface area contributed by atoms with Crippen molar-refractivity contribution in [2.45, 2.75) is 70.3 Å². The van der Waals surface area contributed by atoms with E-state index in [1.807, 2.05) is 6.92 Å². The Balaban J connectivity index is 1.71. The van der Waals surface area contributed by atoms with Crippen molar-refractivity contribution in [1.29, 1.82) is 0 Å². The summed E-state index contributed by atoms with van der Waals surface area (Å²) >= 11 is 0.690. The number of alkyl halides is 5. The van der Waals surface area contributed by atoms with Gasteiger partial charge in [-0.2, -0.15) is 13.2 Å². The van der Waals surface area contributed by atoms with Crippen molar-refractivity contribution in [3.63, 3.8) is 0 Å². The first kappa shape index (κ1) is 30.1. The maximum Gasteiger partial charge on any atom is 0.408 e.